The predicted octanol–water partition coefficient (Wildman–Crippen LogP) is 14.1. The monoisotopic (exact) mass is 1010 g/mol. The predicted molar refractivity (Wildman–Crippen MR) is 258 cm³/mol. The summed E-state index contributed by atoms with van der Waals surface area (Å²) in [6.45, 7) is 30.7. The van der Waals surface area contributed by atoms with Crippen LogP contribution < -0.4 is 4.90 Å². The van der Waals surface area contributed by atoms with Crippen LogP contribution in [0.25, 0.3) is 27.6 Å². The maximum atomic E-state index is 9.37. The van der Waals surface area contributed by atoms with Gasteiger partial charge in [-0.05, 0) is 139 Å². The van der Waals surface area contributed by atoms with Crippen LogP contribution in [-0.4, -0.2) is 21.0 Å². The summed E-state index contributed by atoms with van der Waals surface area (Å²) in [6, 6.07) is 36.9. The van der Waals surface area contributed by atoms with Crippen molar-refractivity contribution in [3.63, 3.8) is 0 Å². The first-order valence-electron chi connectivity index (χ1n) is 23.2. The number of aliphatic imine (C=N–C) groups is 1. The molecule has 0 spiro atoms. The van der Waals surface area contributed by atoms with E-state index in [4.69, 9.17) is 14.7 Å². The summed E-state index contributed by atoms with van der Waals surface area (Å²) in [5, 5.41) is 2.31. The van der Waals surface area contributed by atoms with E-state index < -0.39 is 17.5 Å². The summed E-state index contributed by atoms with van der Waals surface area (Å²) in [7, 11) is 0. The molecule has 4 heterocycles. The van der Waals surface area contributed by atoms with Crippen LogP contribution in [0.15, 0.2) is 90.1 Å². The number of aryl methyl sites for hydroxylation is 3. The van der Waals surface area contributed by atoms with Crippen molar-refractivity contribution >= 4 is 44.8 Å². The molecule has 3 aliphatic rings. The zero-order chi connectivity index (χ0) is 45.8. The van der Waals surface area contributed by atoms with Crippen molar-refractivity contribution in [1.82, 2.24) is 9.55 Å². The number of aromatic nitrogens is 2. The van der Waals surface area contributed by atoms with Gasteiger partial charge < -0.3 is 14.2 Å². The van der Waals surface area contributed by atoms with Gasteiger partial charge in [-0.15, -0.1) is 40.8 Å². The van der Waals surface area contributed by atoms with E-state index in [-0.39, 0.29) is 43.7 Å². The van der Waals surface area contributed by atoms with Crippen LogP contribution in [0.4, 0.5) is 17.1 Å². The third kappa shape index (κ3) is 6.49. The van der Waals surface area contributed by atoms with E-state index in [1.165, 1.54) is 33.2 Å². The molecular weight excluding hydrogens is 952 g/mol. The van der Waals surface area contributed by atoms with Gasteiger partial charge in [0.15, 0.2) is 0 Å². The van der Waals surface area contributed by atoms with Crippen LogP contribution >= 0.6 is 0 Å². The van der Waals surface area contributed by atoms with Gasteiger partial charge in [0.1, 0.15) is 22.9 Å². The smallest absolute Gasteiger partial charge is 0.511 e. The number of anilines is 3. The Morgan fingerprint density at radius 2 is 1.44 bits per heavy atom. The van der Waals surface area contributed by atoms with Gasteiger partial charge >= 0.3 is 21.1 Å². The maximum absolute atomic E-state index is 9.37. The van der Waals surface area contributed by atoms with E-state index in [2.05, 4.69) is 184 Å². The van der Waals surface area contributed by atoms with E-state index in [9.17, 15) is 2.74 Å². The summed E-state index contributed by atoms with van der Waals surface area (Å²) >= 11 is 0. The molecule has 0 radical (unpaired) electrons. The summed E-state index contributed by atoms with van der Waals surface area (Å²) < 4.78 is 28.1. The summed E-state index contributed by atoms with van der Waals surface area (Å²) in [5.74, 6) is 1.35. The van der Waals surface area contributed by atoms with Crippen LogP contribution in [0.5, 0.6) is 0 Å². The molecule has 2 aromatic heterocycles. The summed E-state index contributed by atoms with van der Waals surface area (Å²) in [6.07, 6.45) is 0.521. The van der Waals surface area contributed by atoms with Crippen LogP contribution in [0, 0.1) is 39.8 Å². The maximum Gasteiger partial charge on any atom is 2.00 e. The molecule has 10 rings (SSSR count). The first-order valence-corrected chi connectivity index (χ1v) is 22.2. The second-order valence-corrected chi connectivity index (χ2v) is 21.3. The number of hydrogen-bond acceptors (Lipinski definition) is 4. The van der Waals surface area contributed by atoms with Gasteiger partial charge in [0, 0.05) is 20.1 Å². The minimum absolute atomic E-state index is 0. The Labute approximate surface area is 392 Å². The molecule has 0 saturated heterocycles. The van der Waals surface area contributed by atoms with Crippen molar-refractivity contribution in [3.8, 4) is 5.82 Å². The van der Waals surface area contributed by atoms with Crippen LogP contribution in [0.1, 0.15) is 140 Å². The molecule has 2 aliphatic heterocycles. The molecule has 0 fully saturated rings. The fourth-order valence-electron chi connectivity index (χ4n) is 10.1. The SMILES string of the molecule is [2H]C1([2H])C[C@]2(C)OC(c3[c-]c(N4c5[c-]c6c(cc5C(C)(C)c5cc(C)ccc54)c4cc(C)ccc4n6-c4cc(C(C)(C)C)ccn4)cc(C(C)(C)C)c3)=N[C@]2(C)c2ccc(C)c(C)c21.[Pt+2]. The molecule has 0 saturated carbocycles. The fraction of sp³-hybridized carbons (Fsp3) is 0.368. The third-order valence-electron chi connectivity index (χ3n) is 14.5. The molecule has 0 amide bonds. The van der Waals surface area contributed by atoms with Gasteiger partial charge in [0.05, 0.1) is 0 Å². The second-order valence-electron chi connectivity index (χ2n) is 21.3. The van der Waals surface area contributed by atoms with Crippen molar-refractivity contribution in [1.29, 1.82) is 0 Å². The largest absolute Gasteiger partial charge is 2.00 e. The van der Waals surface area contributed by atoms with E-state index in [0.29, 0.717) is 5.90 Å². The first-order chi connectivity index (χ1) is 29.8. The quantitative estimate of drug-likeness (QED) is 0.166. The third-order valence-corrected chi connectivity index (χ3v) is 14.5. The van der Waals surface area contributed by atoms with Crippen molar-refractivity contribution in [2.24, 2.45) is 4.99 Å². The second kappa shape index (κ2) is 14.3. The van der Waals surface area contributed by atoms with Crippen molar-refractivity contribution in [3.05, 3.63) is 158 Å². The van der Waals surface area contributed by atoms with Gasteiger partial charge in [-0.25, -0.2) is 4.98 Å². The Morgan fingerprint density at radius 3 is 2.17 bits per heavy atom. The molecule has 1 aliphatic carbocycles. The molecular formula is C57H60N4OPt. The number of nitrogens with zero attached hydrogens (tertiary/aromatic N) is 4. The van der Waals surface area contributed by atoms with E-state index in [1.54, 1.807) is 0 Å². The normalized spacial score (nSPS) is 21.4. The first kappa shape index (κ1) is 40.8. The number of benzene rings is 5. The molecule has 0 unspecified atom stereocenters. The zero-order valence-corrected chi connectivity index (χ0v) is 41.6. The van der Waals surface area contributed by atoms with E-state index in [1.807, 2.05) is 20.0 Å². The minimum Gasteiger partial charge on any atom is -0.511 e. The average molecular weight is 1010 g/mol. The standard InChI is InChI=1S/C57H60N4O.Pt/c1-33-15-19-47-42(25-33)43-31-46-50(32-49(43)61(47)51-30-38(22-24-58-51)53(5,6)7)60(48-20-16-34(2)26-45(48)55(46,11)12)40-28-37(27-39(29-40)54(8,9)10)52-59-57(14)44-18-17-35(3)36(4)41(44)21-23-56(57,13)62-52;/h15-20,22,24-27,29-31H,21,23H2,1-14H3;/q-2;+2/t56-,57+;/m0./s1/i21D2;. The molecule has 63 heavy (non-hydrogen) atoms. The van der Waals surface area contributed by atoms with Gasteiger partial charge in [0.25, 0.3) is 0 Å². The van der Waals surface area contributed by atoms with Crippen molar-refractivity contribution < 1.29 is 28.5 Å². The van der Waals surface area contributed by atoms with Gasteiger partial charge in [-0.3, -0.25) is 4.99 Å². The van der Waals surface area contributed by atoms with Crippen LogP contribution in [0.3, 0.4) is 0 Å². The fourth-order valence-corrected chi connectivity index (χ4v) is 10.1. The van der Waals surface area contributed by atoms with Gasteiger partial charge in [-0.1, -0.05) is 120 Å². The number of pyridine rings is 1. The molecule has 0 bridgehead atoms. The minimum atomic E-state index is -1.59. The molecule has 7 aromatic rings. The van der Waals surface area contributed by atoms with Crippen LogP contribution in [0.2, 0.25) is 0 Å². The Bertz CT molecular complexity index is 3180. The average Bonchev–Trinajstić information content (AvgIpc) is 3.67. The number of ether oxygens (including phenoxy) is 1. The van der Waals surface area contributed by atoms with Crippen molar-refractivity contribution in [2.75, 3.05) is 4.90 Å². The Kier molecular flexibility index (Phi) is 9.22. The van der Waals surface area contributed by atoms with Crippen molar-refractivity contribution in [2.45, 2.75) is 137 Å². The Balaban J connectivity index is 0.00000533. The van der Waals surface area contributed by atoms with Gasteiger partial charge in [-0.2, -0.15) is 6.07 Å². The van der Waals surface area contributed by atoms with Crippen LogP contribution in [-0.2, 0) is 54.0 Å². The Morgan fingerprint density at radius 1 is 0.730 bits per heavy atom. The van der Waals surface area contributed by atoms with E-state index >= 15 is 0 Å². The summed E-state index contributed by atoms with van der Waals surface area (Å²) in [5.41, 5.74) is 14.1. The molecule has 0 N–H and O–H groups in total. The number of hydrogen-bond donors (Lipinski definition) is 0. The molecule has 5 aromatic carbocycles. The van der Waals surface area contributed by atoms with Gasteiger partial charge in [0.2, 0.25) is 0 Å². The zero-order valence-electron chi connectivity index (χ0n) is 41.3. The molecule has 5 nitrogen and oxygen atoms in total. The Hall–Kier alpha value is -4.99. The molecule has 2 atom stereocenters. The summed E-state index contributed by atoms with van der Waals surface area (Å²) in [4.78, 5) is 12.9. The molecule has 324 valence electrons. The van der Waals surface area contributed by atoms with E-state index in [0.717, 1.165) is 72.7 Å². The topological polar surface area (TPSA) is 42.6 Å². The number of fused-ring (bicyclic) bond motifs is 8. The number of rotatable bonds is 3. The molecule has 6 heteroatoms.